The molecule has 3 aromatic rings. The molecule has 110 valence electrons. The van der Waals surface area contributed by atoms with Gasteiger partial charge in [-0.25, -0.2) is 4.98 Å². The van der Waals surface area contributed by atoms with Crippen LogP contribution in [0.3, 0.4) is 0 Å². The van der Waals surface area contributed by atoms with Gasteiger partial charge in [0.2, 0.25) is 0 Å². The van der Waals surface area contributed by atoms with E-state index in [1.807, 2.05) is 47.2 Å². The number of fused-ring (bicyclic) bond motifs is 1. The summed E-state index contributed by atoms with van der Waals surface area (Å²) in [6, 6.07) is 11.9. The quantitative estimate of drug-likeness (QED) is 0.547. The molecular formula is C17H15N3OS. The van der Waals surface area contributed by atoms with E-state index < -0.39 is 0 Å². The van der Waals surface area contributed by atoms with Crippen LogP contribution in [0.4, 0.5) is 0 Å². The highest BCUT2D eigenvalue weighted by atomic mass is 32.2. The smallest absolute Gasteiger partial charge is 0.262 e. The topological polar surface area (TPSA) is 47.8 Å². The number of nitrogens with zero attached hydrogens (tertiary/aromatic N) is 3. The second-order valence-electron chi connectivity index (χ2n) is 5.47. The Bertz CT molecular complexity index is 872. The molecule has 0 amide bonds. The summed E-state index contributed by atoms with van der Waals surface area (Å²) >= 11 is 1.61. The van der Waals surface area contributed by atoms with Crippen molar-refractivity contribution in [2.24, 2.45) is 0 Å². The minimum atomic E-state index is 0.0850. The third-order valence-corrected chi connectivity index (χ3v) is 4.80. The summed E-state index contributed by atoms with van der Waals surface area (Å²) in [5.74, 6) is 0.769. The monoisotopic (exact) mass is 309 g/mol. The first kappa shape index (κ1) is 13.5. The van der Waals surface area contributed by atoms with Gasteiger partial charge >= 0.3 is 0 Å². The third kappa shape index (κ3) is 2.52. The standard InChI is InChI=1S/C17H15N3OS/c21-16-14-5-1-2-6-15(14)19-17(20(16)13-7-8-13)22-11-12-4-3-9-18-10-12/h1-6,9-10,13H,7-8,11H2. The van der Waals surface area contributed by atoms with E-state index in [4.69, 9.17) is 4.98 Å². The van der Waals surface area contributed by atoms with Crippen LogP contribution in [-0.2, 0) is 5.75 Å². The molecule has 0 radical (unpaired) electrons. The van der Waals surface area contributed by atoms with Crippen molar-refractivity contribution in [2.75, 3.05) is 0 Å². The van der Waals surface area contributed by atoms with Gasteiger partial charge in [-0.1, -0.05) is 30.0 Å². The first-order chi connectivity index (χ1) is 10.8. The van der Waals surface area contributed by atoms with Gasteiger partial charge in [-0.15, -0.1) is 0 Å². The van der Waals surface area contributed by atoms with E-state index in [2.05, 4.69) is 4.98 Å². The largest absolute Gasteiger partial charge is 0.284 e. The van der Waals surface area contributed by atoms with Gasteiger partial charge in [-0.3, -0.25) is 14.3 Å². The minimum Gasteiger partial charge on any atom is -0.284 e. The normalized spacial score (nSPS) is 14.4. The van der Waals surface area contributed by atoms with Crippen molar-refractivity contribution in [1.29, 1.82) is 0 Å². The van der Waals surface area contributed by atoms with Crippen molar-refractivity contribution in [1.82, 2.24) is 14.5 Å². The Morgan fingerprint density at radius 1 is 1.18 bits per heavy atom. The van der Waals surface area contributed by atoms with Gasteiger partial charge < -0.3 is 0 Å². The molecule has 0 N–H and O–H groups in total. The zero-order chi connectivity index (χ0) is 14.9. The molecule has 2 aromatic heterocycles. The highest BCUT2D eigenvalue weighted by molar-refractivity contribution is 7.98. The average Bonchev–Trinajstić information content (AvgIpc) is 3.39. The minimum absolute atomic E-state index is 0.0850. The van der Waals surface area contributed by atoms with Crippen LogP contribution >= 0.6 is 11.8 Å². The predicted octanol–water partition coefficient (Wildman–Crippen LogP) is 3.42. The molecule has 1 aliphatic rings. The van der Waals surface area contributed by atoms with Gasteiger partial charge in [-0.2, -0.15) is 0 Å². The number of pyridine rings is 1. The van der Waals surface area contributed by atoms with Gasteiger partial charge in [-0.05, 0) is 36.6 Å². The van der Waals surface area contributed by atoms with Crippen LogP contribution in [0.5, 0.6) is 0 Å². The maximum absolute atomic E-state index is 12.7. The van der Waals surface area contributed by atoms with E-state index in [-0.39, 0.29) is 5.56 Å². The lowest BCUT2D eigenvalue weighted by atomic mass is 10.2. The van der Waals surface area contributed by atoms with E-state index in [9.17, 15) is 4.79 Å². The first-order valence-electron chi connectivity index (χ1n) is 7.36. The highest BCUT2D eigenvalue weighted by Gasteiger charge is 2.28. The van der Waals surface area contributed by atoms with E-state index in [1.165, 1.54) is 0 Å². The van der Waals surface area contributed by atoms with E-state index in [0.717, 1.165) is 34.8 Å². The number of rotatable bonds is 4. The molecule has 4 rings (SSSR count). The van der Waals surface area contributed by atoms with Crippen molar-refractivity contribution in [3.63, 3.8) is 0 Å². The summed E-state index contributed by atoms with van der Waals surface area (Å²) in [6.45, 7) is 0. The Kier molecular flexibility index (Phi) is 3.42. The number of para-hydroxylation sites is 1. The molecular weight excluding hydrogens is 294 g/mol. The molecule has 0 unspecified atom stereocenters. The fourth-order valence-electron chi connectivity index (χ4n) is 2.51. The molecule has 4 nitrogen and oxygen atoms in total. The lowest BCUT2D eigenvalue weighted by Gasteiger charge is -2.12. The fourth-order valence-corrected chi connectivity index (χ4v) is 3.51. The first-order valence-corrected chi connectivity index (χ1v) is 8.34. The lowest BCUT2D eigenvalue weighted by Crippen LogP contribution is -2.22. The summed E-state index contributed by atoms with van der Waals surface area (Å²) in [4.78, 5) is 21.6. The Hall–Kier alpha value is -2.14. The maximum Gasteiger partial charge on any atom is 0.262 e. The molecule has 1 aliphatic carbocycles. The molecule has 0 aliphatic heterocycles. The maximum atomic E-state index is 12.7. The van der Waals surface area contributed by atoms with Gasteiger partial charge in [0.1, 0.15) is 0 Å². The molecule has 1 fully saturated rings. The van der Waals surface area contributed by atoms with Crippen molar-refractivity contribution >= 4 is 22.7 Å². The molecule has 5 heteroatoms. The highest BCUT2D eigenvalue weighted by Crippen LogP contribution is 2.37. The molecule has 0 atom stereocenters. The Morgan fingerprint density at radius 3 is 2.82 bits per heavy atom. The molecule has 22 heavy (non-hydrogen) atoms. The number of aromatic nitrogens is 3. The summed E-state index contributed by atoms with van der Waals surface area (Å²) in [5, 5.41) is 1.52. The van der Waals surface area contributed by atoms with Gasteiger partial charge in [0.05, 0.1) is 10.9 Å². The van der Waals surface area contributed by atoms with Crippen LogP contribution in [0, 0.1) is 0 Å². The Balaban J connectivity index is 1.75. The van der Waals surface area contributed by atoms with Gasteiger partial charge in [0.15, 0.2) is 5.16 Å². The number of hydrogen-bond donors (Lipinski definition) is 0. The van der Waals surface area contributed by atoms with Crippen LogP contribution in [0.25, 0.3) is 10.9 Å². The summed E-state index contributed by atoms with van der Waals surface area (Å²) in [6.07, 6.45) is 5.76. The number of hydrogen-bond acceptors (Lipinski definition) is 4. The van der Waals surface area contributed by atoms with Crippen LogP contribution in [-0.4, -0.2) is 14.5 Å². The van der Waals surface area contributed by atoms with Crippen LogP contribution in [0.2, 0.25) is 0 Å². The van der Waals surface area contributed by atoms with Crippen LogP contribution in [0.1, 0.15) is 24.4 Å². The molecule has 1 saturated carbocycles. The van der Waals surface area contributed by atoms with Gasteiger partial charge in [0.25, 0.3) is 5.56 Å². The van der Waals surface area contributed by atoms with Crippen LogP contribution < -0.4 is 5.56 Å². The Morgan fingerprint density at radius 2 is 2.05 bits per heavy atom. The van der Waals surface area contributed by atoms with E-state index in [0.29, 0.717) is 11.4 Å². The van der Waals surface area contributed by atoms with Gasteiger partial charge in [0, 0.05) is 24.2 Å². The Labute approximate surface area is 132 Å². The number of benzene rings is 1. The molecule has 1 aromatic carbocycles. The summed E-state index contributed by atoms with van der Waals surface area (Å²) < 4.78 is 1.88. The second kappa shape index (κ2) is 5.57. The predicted molar refractivity (Wildman–Crippen MR) is 88.1 cm³/mol. The molecule has 2 heterocycles. The zero-order valence-corrected chi connectivity index (χ0v) is 12.8. The SMILES string of the molecule is O=c1c2ccccc2nc(SCc2cccnc2)n1C1CC1. The van der Waals surface area contributed by atoms with Crippen molar-refractivity contribution in [3.05, 3.63) is 64.7 Å². The summed E-state index contributed by atoms with van der Waals surface area (Å²) in [7, 11) is 0. The zero-order valence-electron chi connectivity index (χ0n) is 12.0. The molecule has 0 spiro atoms. The summed E-state index contributed by atoms with van der Waals surface area (Å²) in [5.41, 5.74) is 2.00. The van der Waals surface area contributed by atoms with Crippen molar-refractivity contribution in [2.45, 2.75) is 29.8 Å². The van der Waals surface area contributed by atoms with E-state index in [1.54, 1.807) is 18.0 Å². The molecule has 0 bridgehead atoms. The van der Waals surface area contributed by atoms with Crippen molar-refractivity contribution in [3.8, 4) is 0 Å². The molecule has 0 saturated heterocycles. The van der Waals surface area contributed by atoms with Crippen LogP contribution in [0.15, 0.2) is 58.7 Å². The lowest BCUT2D eigenvalue weighted by molar-refractivity contribution is 0.618. The second-order valence-corrected chi connectivity index (χ2v) is 6.41. The third-order valence-electron chi connectivity index (χ3n) is 3.78. The van der Waals surface area contributed by atoms with Crippen molar-refractivity contribution < 1.29 is 0 Å². The number of thioether (sulfide) groups is 1. The van der Waals surface area contributed by atoms with E-state index >= 15 is 0 Å². The average molecular weight is 309 g/mol. The fraction of sp³-hybridized carbons (Fsp3) is 0.235.